The van der Waals surface area contributed by atoms with E-state index >= 15 is 0 Å². The third-order valence-electron chi connectivity index (χ3n) is 3.99. The summed E-state index contributed by atoms with van der Waals surface area (Å²) in [4.78, 5) is 25.2. The maximum Gasteiger partial charge on any atom is 0.213 e. The van der Waals surface area contributed by atoms with Crippen LogP contribution in [0.25, 0.3) is 0 Å². The van der Waals surface area contributed by atoms with Gasteiger partial charge >= 0.3 is 0 Å². The molecule has 1 aliphatic carbocycles. The summed E-state index contributed by atoms with van der Waals surface area (Å²) in [6.07, 6.45) is 4.47. The van der Waals surface area contributed by atoms with E-state index in [1.807, 2.05) is 0 Å². The third-order valence-corrected chi connectivity index (χ3v) is 3.99. The van der Waals surface area contributed by atoms with E-state index in [-0.39, 0.29) is 11.6 Å². The lowest BCUT2D eigenvalue weighted by molar-refractivity contribution is 0.0966. The summed E-state index contributed by atoms with van der Waals surface area (Å²) in [6.45, 7) is 4.57. The Morgan fingerprint density at radius 3 is 2.55 bits per heavy atom. The van der Waals surface area contributed by atoms with E-state index in [1.54, 1.807) is 25.1 Å². The number of ketones is 2. The molecule has 0 aromatic heterocycles. The van der Waals surface area contributed by atoms with Gasteiger partial charge in [-0.15, -0.1) is 0 Å². The van der Waals surface area contributed by atoms with E-state index < -0.39 is 0 Å². The van der Waals surface area contributed by atoms with Crippen LogP contribution in [0, 0.1) is 0 Å². The number of carbonyl (C=O) groups is 2. The molecule has 0 unspecified atom stereocenters. The molecule has 1 N–H and O–H groups in total. The largest absolute Gasteiger partial charge is 0.496 e. The number of carbonyl (C=O) groups excluding carboxylic acids is 2. The van der Waals surface area contributed by atoms with Crippen molar-refractivity contribution in [3.05, 3.63) is 40.6 Å². The maximum absolute atomic E-state index is 12.7. The van der Waals surface area contributed by atoms with Crippen molar-refractivity contribution in [2.45, 2.75) is 39.5 Å². The Balaban J connectivity index is 2.23. The first-order chi connectivity index (χ1) is 10.6. The Morgan fingerprint density at radius 1 is 1.09 bits per heavy atom. The lowest BCUT2D eigenvalue weighted by Gasteiger charge is -2.21. The summed E-state index contributed by atoms with van der Waals surface area (Å²) < 4.78 is 5.25. The summed E-state index contributed by atoms with van der Waals surface area (Å²) in [5.74, 6) is 0.193. The number of fused-ring (bicyclic) bond motifs is 1. The Labute approximate surface area is 131 Å². The predicted octanol–water partition coefficient (Wildman–Crippen LogP) is 3.52. The highest BCUT2D eigenvalue weighted by Gasteiger charge is 2.32. The predicted molar refractivity (Wildman–Crippen MR) is 86.5 cm³/mol. The molecule has 0 atom stereocenters. The number of hydrogen-bond acceptors (Lipinski definition) is 4. The van der Waals surface area contributed by atoms with E-state index in [9.17, 15) is 9.59 Å². The molecule has 1 aliphatic rings. The summed E-state index contributed by atoms with van der Waals surface area (Å²) in [5, 5.41) is 3.16. The fourth-order valence-corrected chi connectivity index (χ4v) is 2.71. The zero-order valence-electron chi connectivity index (χ0n) is 13.5. The van der Waals surface area contributed by atoms with Gasteiger partial charge in [0.25, 0.3) is 0 Å². The number of benzene rings is 1. The molecule has 0 saturated heterocycles. The maximum atomic E-state index is 12.7. The number of Topliss-reactive ketones (excluding diaryl/α,β-unsaturated/α-hetero) is 2. The highest BCUT2D eigenvalue weighted by molar-refractivity contribution is 6.27. The van der Waals surface area contributed by atoms with Gasteiger partial charge in [0.05, 0.1) is 18.4 Å². The Hall–Kier alpha value is -2.10. The van der Waals surface area contributed by atoms with Crippen LogP contribution in [0.2, 0.25) is 0 Å². The summed E-state index contributed by atoms with van der Waals surface area (Å²) >= 11 is 0. The van der Waals surface area contributed by atoms with Gasteiger partial charge in [0, 0.05) is 17.7 Å². The van der Waals surface area contributed by atoms with E-state index in [0.717, 1.165) is 12.8 Å². The number of allylic oxidation sites excluding steroid dienone is 2. The molecule has 0 radical (unpaired) electrons. The van der Waals surface area contributed by atoms with Gasteiger partial charge < -0.3 is 10.1 Å². The zero-order valence-corrected chi connectivity index (χ0v) is 13.5. The molecule has 0 amide bonds. The van der Waals surface area contributed by atoms with Crippen molar-refractivity contribution < 1.29 is 14.3 Å². The van der Waals surface area contributed by atoms with Crippen molar-refractivity contribution in [1.29, 1.82) is 0 Å². The monoisotopic (exact) mass is 301 g/mol. The van der Waals surface area contributed by atoms with E-state index in [1.165, 1.54) is 20.0 Å². The van der Waals surface area contributed by atoms with Crippen molar-refractivity contribution in [1.82, 2.24) is 5.32 Å². The van der Waals surface area contributed by atoms with Gasteiger partial charge in [-0.25, -0.2) is 0 Å². The van der Waals surface area contributed by atoms with Crippen molar-refractivity contribution in [3.8, 4) is 5.75 Å². The summed E-state index contributed by atoms with van der Waals surface area (Å²) in [7, 11) is 1.51. The number of hydrogen-bond donors (Lipinski definition) is 1. The quantitative estimate of drug-likeness (QED) is 0.783. The van der Waals surface area contributed by atoms with Crippen molar-refractivity contribution in [3.63, 3.8) is 0 Å². The molecule has 4 heteroatoms. The highest BCUT2D eigenvalue weighted by Crippen LogP contribution is 2.31. The fraction of sp³-hybridized carbons (Fsp3) is 0.444. The first-order valence-corrected chi connectivity index (χ1v) is 7.83. The molecule has 1 aromatic carbocycles. The lowest BCUT2D eigenvalue weighted by Crippen LogP contribution is -2.30. The van der Waals surface area contributed by atoms with Crippen LogP contribution in [0.5, 0.6) is 5.75 Å². The Kier molecular flexibility index (Phi) is 5.36. The van der Waals surface area contributed by atoms with Gasteiger partial charge in [-0.1, -0.05) is 38.3 Å². The van der Waals surface area contributed by atoms with Crippen LogP contribution in [0.15, 0.2) is 29.5 Å². The van der Waals surface area contributed by atoms with E-state index in [0.29, 0.717) is 34.7 Å². The molecule has 0 aliphatic heterocycles. The zero-order chi connectivity index (χ0) is 16.1. The van der Waals surface area contributed by atoms with Crippen molar-refractivity contribution >= 4 is 11.6 Å². The number of ether oxygens (including phenoxy) is 1. The average molecular weight is 301 g/mol. The summed E-state index contributed by atoms with van der Waals surface area (Å²) in [6, 6.07) is 5.13. The van der Waals surface area contributed by atoms with Crippen molar-refractivity contribution in [2.24, 2.45) is 0 Å². The third kappa shape index (κ3) is 3.06. The highest BCUT2D eigenvalue weighted by atomic mass is 16.5. The molecule has 2 rings (SSSR count). The first-order valence-electron chi connectivity index (χ1n) is 7.83. The molecule has 0 spiro atoms. The van der Waals surface area contributed by atoms with Gasteiger partial charge in [-0.3, -0.25) is 9.59 Å². The normalized spacial score (nSPS) is 14.1. The Bertz CT molecular complexity index is 617. The minimum Gasteiger partial charge on any atom is -0.496 e. The molecule has 1 aromatic rings. The minimum absolute atomic E-state index is 0.107. The number of nitrogens with one attached hydrogen (secondary N) is 1. The van der Waals surface area contributed by atoms with Crippen LogP contribution in [-0.4, -0.2) is 25.2 Å². The topological polar surface area (TPSA) is 55.4 Å². The second kappa shape index (κ2) is 7.25. The molecular weight excluding hydrogens is 278 g/mol. The Morgan fingerprint density at radius 2 is 1.86 bits per heavy atom. The van der Waals surface area contributed by atoms with E-state index in [2.05, 4.69) is 12.2 Å². The number of unbranched alkanes of at least 4 members (excludes halogenated alkanes) is 3. The van der Waals surface area contributed by atoms with Gasteiger partial charge in [-0.05, 0) is 19.4 Å². The van der Waals surface area contributed by atoms with Gasteiger partial charge in [-0.2, -0.15) is 0 Å². The molecule has 0 saturated carbocycles. The molecule has 22 heavy (non-hydrogen) atoms. The van der Waals surface area contributed by atoms with Crippen molar-refractivity contribution in [2.75, 3.05) is 13.7 Å². The number of methoxy groups -OCH3 is 1. The SMILES string of the molecule is CCCCCCNC1=C(C)C(=O)c2cccc(OC)c2C1=O. The minimum atomic E-state index is -0.153. The van der Waals surface area contributed by atoms with Crippen LogP contribution in [-0.2, 0) is 0 Å². The van der Waals surface area contributed by atoms with Crippen LogP contribution < -0.4 is 10.1 Å². The van der Waals surface area contributed by atoms with Crippen LogP contribution >= 0.6 is 0 Å². The second-order valence-corrected chi connectivity index (χ2v) is 5.53. The first kappa shape index (κ1) is 16.3. The van der Waals surface area contributed by atoms with Crippen LogP contribution in [0.1, 0.15) is 60.2 Å². The lowest BCUT2D eigenvalue weighted by atomic mass is 9.87. The van der Waals surface area contributed by atoms with Crippen LogP contribution in [0.4, 0.5) is 0 Å². The van der Waals surface area contributed by atoms with Gasteiger partial charge in [0.2, 0.25) is 5.78 Å². The summed E-state index contributed by atoms with van der Waals surface area (Å²) in [5.41, 5.74) is 1.70. The molecule has 4 nitrogen and oxygen atoms in total. The van der Waals surface area contributed by atoms with E-state index in [4.69, 9.17) is 4.74 Å². The fourth-order valence-electron chi connectivity index (χ4n) is 2.71. The molecule has 118 valence electrons. The second-order valence-electron chi connectivity index (χ2n) is 5.53. The molecule has 0 fully saturated rings. The molecule has 0 bridgehead atoms. The standard InChI is InChI=1S/C18H23NO3/c1-4-5-6-7-11-19-16-12(2)17(20)13-9-8-10-14(22-3)15(13)18(16)21/h8-10,19H,4-7,11H2,1-3H3. The number of rotatable bonds is 7. The average Bonchev–Trinajstić information content (AvgIpc) is 2.54. The van der Waals surface area contributed by atoms with Crippen LogP contribution in [0.3, 0.4) is 0 Å². The molecular formula is C18H23NO3. The van der Waals surface area contributed by atoms with Gasteiger partial charge in [0.1, 0.15) is 5.75 Å². The smallest absolute Gasteiger partial charge is 0.213 e. The molecule has 0 heterocycles. The van der Waals surface area contributed by atoms with Gasteiger partial charge in [0.15, 0.2) is 5.78 Å².